The third-order valence-electron chi connectivity index (χ3n) is 1.61. The number of hydrogen-bond donors (Lipinski definition) is 1. The second-order valence-corrected chi connectivity index (χ2v) is 2.76. The fraction of sp³-hybridized carbons (Fsp3) is 0.400. The fourth-order valence-electron chi connectivity index (χ4n) is 0.946. The molecule has 2 heterocycles. The first-order chi connectivity index (χ1) is 6.39. The van der Waals surface area contributed by atoms with Crippen molar-refractivity contribution in [1.82, 2.24) is 15.3 Å². The molecule has 3 nitrogen and oxygen atoms in total. The largest absolute Gasteiger partial charge is 0.313 e. The molecular formula is C10H15N3. The van der Waals surface area contributed by atoms with E-state index in [2.05, 4.69) is 27.4 Å². The molecule has 0 fully saturated rings. The van der Waals surface area contributed by atoms with Gasteiger partial charge in [-0.3, -0.25) is 0 Å². The van der Waals surface area contributed by atoms with Crippen LogP contribution in [0.25, 0.3) is 0 Å². The van der Waals surface area contributed by atoms with Crippen LogP contribution in [-0.2, 0) is 0 Å². The predicted octanol–water partition coefficient (Wildman–Crippen LogP) is 1.32. The highest BCUT2D eigenvalue weighted by Gasteiger charge is 1.84. The lowest BCUT2D eigenvalue weighted by Gasteiger charge is -2.01. The van der Waals surface area contributed by atoms with Crippen LogP contribution < -0.4 is 5.32 Å². The molecule has 3 heteroatoms. The topological polar surface area (TPSA) is 37.8 Å². The summed E-state index contributed by atoms with van der Waals surface area (Å²) in [5, 5.41) is 3.20. The summed E-state index contributed by atoms with van der Waals surface area (Å²) in [6.45, 7) is 4.09. The van der Waals surface area contributed by atoms with Crippen LogP contribution in [-0.4, -0.2) is 23.1 Å². The molecule has 1 N–H and O–H groups in total. The van der Waals surface area contributed by atoms with Gasteiger partial charge in [0.25, 0.3) is 0 Å². The molecule has 1 aliphatic rings. The number of aryl methyl sites for hydroxylation is 1. The lowest BCUT2D eigenvalue weighted by molar-refractivity contribution is 0.728. The number of nitrogens with zero attached hydrogens (tertiary/aromatic N) is 2. The summed E-state index contributed by atoms with van der Waals surface area (Å²) in [5.74, 6) is 0.822. The lowest BCUT2D eigenvalue weighted by Crippen LogP contribution is -2.17. The summed E-state index contributed by atoms with van der Waals surface area (Å²) < 4.78 is 0. The first kappa shape index (κ1) is 9.86. The Labute approximate surface area is 78.9 Å². The van der Waals surface area contributed by atoms with E-state index in [9.17, 15) is 0 Å². The van der Waals surface area contributed by atoms with E-state index in [0.29, 0.717) is 0 Å². The first-order valence-electron chi connectivity index (χ1n) is 4.49. The van der Waals surface area contributed by atoms with Crippen molar-refractivity contribution in [1.29, 1.82) is 0 Å². The molecule has 1 aliphatic heterocycles. The maximum Gasteiger partial charge on any atom is 0.125 e. The summed E-state index contributed by atoms with van der Waals surface area (Å²) in [7, 11) is 0. The van der Waals surface area contributed by atoms with E-state index < -0.39 is 0 Å². The second kappa shape index (κ2) is 6.31. The smallest absolute Gasteiger partial charge is 0.125 e. The summed E-state index contributed by atoms with van der Waals surface area (Å²) in [6.07, 6.45) is 9.02. The molecule has 0 bridgehead atoms. The Morgan fingerprint density at radius 3 is 2.23 bits per heavy atom. The van der Waals surface area contributed by atoms with E-state index in [1.54, 1.807) is 18.5 Å². The van der Waals surface area contributed by atoms with Crippen molar-refractivity contribution in [2.24, 2.45) is 0 Å². The van der Waals surface area contributed by atoms with Crippen LogP contribution in [0.3, 0.4) is 0 Å². The van der Waals surface area contributed by atoms with E-state index in [0.717, 1.165) is 18.9 Å². The van der Waals surface area contributed by atoms with Gasteiger partial charge in [0.15, 0.2) is 0 Å². The average Bonchev–Trinajstić information content (AvgIpc) is 2.22. The lowest BCUT2D eigenvalue weighted by atomic mass is 10.3. The highest BCUT2D eigenvalue weighted by Crippen LogP contribution is 1.84. The van der Waals surface area contributed by atoms with Crippen molar-refractivity contribution in [3.8, 4) is 0 Å². The van der Waals surface area contributed by atoms with Crippen LogP contribution in [0.4, 0.5) is 0 Å². The number of rotatable bonds is 0. The summed E-state index contributed by atoms with van der Waals surface area (Å²) in [6, 6.07) is 1.80. The van der Waals surface area contributed by atoms with Crippen molar-refractivity contribution >= 4 is 0 Å². The van der Waals surface area contributed by atoms with Crippen LogP contribution in [0.1, 0.15) is 12.2 Å². The van der Waals surface area contributed by atoms with Crippen molar-refractivity contribution < 1.29 is 0 Å². The molecule has 0 unspecified atom stereocenters. The van der Waals surface area contributed by atoms with E-state index in [-0.39, 0.29) is 0 Å². The van der Waals surface area contributed by atoms with Crippen LogP contribution >= 0.6 is 0 Å². The van der Waals surface area contributed by atoms with Gasteiger partial charge < -0.3 is 5.32 Å². The van der Waals surface area contributed by atoms with Crippen molar-refractivity contribution in [2.45, 2.75) is 13.3 Å². The average molecular weight is 177 g/mol. The van der Waals surface area contributed by atoms with Gasteiger partial charge in [-0.25, -0.2) is 9.97 Å². The zero-order valence-electron chi connectivity index (χ0n) is 7.90. The Morgan fingerprint density at radius 1 is 1.23 bits per heavy atom. The SMILES string of the molecule is C1=CCNCC1.Cc1ncccn1. The Morgan fingerprint density at radius 2 is 2.00 bits per heavy atom. The zero-order valence-corrected chi connectivity index (χ0v) is 7.90. The van der Waals surface area contributed by atoms with Gasteiger partial charge in [0, 0.05) is 18.9 Å². The van der Waals surface area contributed by atoms with E-state index in [1.807, 2.05) is 6.92 Å². The zero-order chi connectivity index (χ0) is 9.36. The maximum absolute atomic E-state index is 3.87. The minimum Gasteiger partial charge on any atom is -0.313 e. The molecular weight excluding hydrogens is 162 g/mol. The summed E-state index contributed by atoms with van der Waals surface area (Å²) in [4.78, 5) is 7.74. The molecule has 0 amide bonds. The summed E-state index contributed by atoms with van der Waals surface area (Å²) in [5.41, 5.74) is 0. The number of nitrogens with one attached hydrogen (secondary N) is 1. The highest BCUT2D eigenvalue weighted by atomic mass is 14.8. The predicted molar refractivity (Wildman–Crippen MR) is 53.4 cm³/mol. The molecule has 1 aromatic rings. The molecule has 70 valence electrons. The maximum atomic E-state index is 3.87. The first-order valence-corrected chi connectivity index (χ1v) is 4.49. The van der Waals surface area contributed by atoms with E-state index >= 15 is 0 Å². The second-order valence-electron chi connectivity index (χ2n) is 2.76. The molecule has 0 saturated heterocycles. The monoisotopic (exact) mass is 177 g/mol. The molecule has 13 heavy (non-hydrogen) atoms. The normalized spacial score (nSPS) is 14.5. The van der Waals surface area contributed by atoms with Crippen molar-refractivity contribution in [3.05, 3.63) is 36.4 Å². The van der Waals surface area contributed by atoms with Gasteiger partial charge >= 0.3 is 0 Å². The Kier molecular flexibility index (Phi) is 4.79. The quantitative estimate of drug-likeness (QED) is 0.607. The highest BCUT2D eigenvalue weighted by molar-refractivity contribution is 4.88. The number of aromatic nitrogens is 2. The van der Waals surface area contributed by atoms with Crippen molar-refractivity contribution in [2.75, 3.05) is 13.1 Å². The van der Waals surface area contributed by atoms with Crippen molar-refractivity contribution in [3.63, 3.8) is 0 Å². The van der Waals surface area contributed by atoms with Crippen LogP contribution in [0.2, 0.25) is 0 Å². The molecule has 0 atom stereocenters. The van der Waals surface area contributed by atoms with Gasteiger partial charge in [-0.2, -0.15) is 0 Å². The van der Waals surface area contributed by atoms with Crippen LogP contribution in [0.15, 0.2) is 30.6 Å². The van der Waals surface area contributed by atoms with E-state index in [4.69, 9.17) is 0 Å². The summed E-state index contributed by atoms with van der Waals surface area (Å²) >= 11 is 0. The van der Waals surface area contributed by atoms with Crippen LogP contribution in [0, 0.1) is 6.92 Å². The van der Waals surface area contributed by atoms with Gasteiger partial charge in [-0.1, -0.05) is 12.2 Å². The molecule has 1 aromatic heterocycles. The minimum absolute atomic E-state index is 0.822. The van der Waals surface area contributed by atoms with Crippen LogP contribution in [0.5, 0.6) is 0 Å². The van der Waals surface area contributed by atoms with Gasteiger partial charge in [0.05, 0.1) is 0 Å². The molecule has 0 spiro atoms. The Balaban J connectivity index is 0.000000132. The molecule has 0 saturated carbocycles. The van der Waals surface area contributed by atoms with Gasteiger partial charge in [-0.05, 0) is 26.0 Å². The van der Waals surface area contributed by atoms with Gasteiger partial charge in [0.2, 0.25) is 0 Å². The molecule has 0 aromatic carbocycles. The number of hydrogen-bond acceptors (Lipinski definition) is 3. The molecule has 0 radical (unpaired) electrons. The third kappa shape index (κ3) is 5.09. The Bertz CT molecular complexity index is 236. The third-order valence-corrected chi connectivity index (χ3v) is 1.61. The Hall–Kier alpha value is -1.22. The molecule has 2 rings (SSSR count). The van der Waals surface area contributed by atoms with Gasteiger partial charge in [0.1, 0.15) is 5.82 Å². The van der Waals surface area contributed by atoms with E-state index in [1.165, 1.54) is 6.42 Å². The standard InChI is InChI=1S/C5H6N2.C5H9N/c1-5-6-3-2-4-7-5;1-2-4-6-5-3-1/h2-4H,1H3;1-2,6H,3-5H2. The minimum atomic E-state index is 0.822. The fourth-order valence-corrected chi connectivity index (χ4v) is 0.946. The van der Waals surface area contributed by atoms with Gasteiger partial charge in [-0.15, -0.1) is 0 Å². The molecule has 0 aliphatic carbocycles.